The third kappa shape index (κ3) is 3.53. The average Bonchev–Trinajstić information content (AvgIpc) is 2.92. The standard InChI is InChI=1S/C14H17N3OS2/c1-17(2)11(12-6-4-8-20-12)9-16-13(18)10-5-3-7-15-14(10)19/h3-8,11H,9H2,1-2H3,(H,15,19)(H,16,18). The minimum absolute atomic E-state index is 0.143. The number of hydrogen-bond acceptors (Lipinski definition) is 4. The van der Waals surface area contributed by atoms with Gasteiger partial charge in [0.05, 0.1) is 11.6 Å². The predicted molar refractivity (Wildman–Crippen MR) is 84.7 cm³/mol. The number of likely N-dealkylation sites (N-methyl/N-ethyl adjacent to an activating group) is 1. The van der Waals surface area contributed by atoms with Crippen LogP contribution in [0.5, 0.6) is 0 Å². The van der Waals surface area contributed by atoms with E-state index >= 15 is 0 Å². The molecule has 0 aliphatic carbocycles. The molecule has 106 valence electrons. The largest absolute Gasteiger partial charge is 0.352 e. The lowest BCUT2D eigenvalue weighted by atomic mass is 10.2. The first kappa shape index (κ1) is 14.9. The van der Waals surface area contributed by atoms with Crippen LogP contribution in [0.4, 0.5) is 0 Å². The fourth-order valence-electron chi connectivity index (χ4n) is 1.90. The van der Waals surface area contributed by atoms with Gasteiger partial charge in [0.15, 0.2) is 0 Å². The van der Waals surface area contributed by atoms with E-state index in [-0.39, 0.29) is 11.9 Å². The Balaban J connectivity index is 2.05. The summed E-state index contributed by atoms with van der Waals surface area (Å²) >= 11 is 6.80. The summed E-state index contributed by atoms with van der Waals surface area (Å²) < 4.78 is 0.461. The molecule has 0 radical (unpaired) electrons. The molecule has 0 aliphatic rings. The quantitative estimate of drug-likeness (QED) is 0.835. The van der Waals surface area contributed by atoms with Crippen LogP contribution in [-0.2, 0) is 0 Å². The smallest absolute Gasteiger partial charge is 0.254 e. The number of nitrogens with zero attached hydrogens (tertiary/aromatic N) is 1. The molecule has 2 rings (SSSR count). The van der Waals surface area contributed by atoms with Gasteiger partial charge in [0.1, 0.15) is 4.64 Å². The maximum atomic E-state index is 12.1. The number of aromatic nitrogens is 1. The number of hydrogen-bond donors (Lipinski definition) is 2. The van der Waals surface area contributed by atoms with Gasteiger partial charge >= 0.3 is 0 Å². The zero-order chi connectivity index (χ0) is 14.5. The Hall–Kier alpha value is -1.50. The molecule has 2 aromatic heterocycles. The molecule has 6 heteroatoms. The van der Waals surface area contributed by atoms with Gasteiger partial charge in [-0.2, -0.15) is 0 Å². The zero-order valence-electron chi connectivity index (χ0n) is 11.4. The van der Waals surface area contributed by atoms with E-state index in [1.54, 1.807) is 29.7 Å². The maximum Gasteiger partial charge on any atom is 0.254 e. The first-order chi connectivity index (χ1) is 9.59. The fraction of sp³-hybridized carbons (Fsp3) is 0.286. The molecule has 2 aromatic rings. The number of carbonyl (C=O) groups is 1. The van der Waals surface area contributed by atoms with E-state index in [2.05, 4.69) is 21.3 Å². The summed E-state index contributed by atoms with van der Waals surface area (Å²) in [5.41, 5.74) is 0.506. The molecule has 4 nitrogen and oxygen atoms in total. The number of thiophene rings is 1. The third-order valence-corrected chi connectivity index (χ3v) is 4.33. The Morgan fingerprint density at radius 2 is 2.25 bits per heavy atom. The SMILES string of the molecule is CN(C)C(CNC(=O)c1ccc[nH]c1=S)c1cccs1. The number of aromatic amines is 1. The van der Waals surface area contributed by atoms with Crippen LogP contribution in [0.15, 0.2) is 35.8 Å². The van der Waals surface area contributed by atoms with Crippen molar-refractivity contribution in [3.63, 3.8) is 0 Å². The molecular formula is C14H17N3OS2. The Morgan fingerprint density at radius 3 is 2.85 bits per heavy atom. The number of pyridine rings is 1. The lowest BCUT2D eigenvalue weighted by molar-refractivity contribution is 0.0941. The van der Waals surface area contributed by atoms with Gasteiger partial charge in [-0.15, -0.1) is 11.3 Å². The van der Waals surface area contributed by atoms with Crippen molar-refractivity contribution in [3.8, 4) is 0 Å². The molecule has 1 atom stereocenters. The van der Waals surface area contributed by atoms with Gasteiger partial charge in [0, 0.05) is 17.6 Å². The number of carbonyl (C=O) groups excluding carboxylic acids is 1. The van der Waals surface area contributed by atoms with E-state index in [9.17, 15) is 4.79 Å². The maximum absolute atomic E-state index is 12.1. The molecule has 2 heterocycles. The van der Waals surface area contributed by atoms with Crippen molar-refractivity contribution in [3.05, 3.63) is 50.9 Å². The molecule has 20 heavy (non-hydrogen) atoms. The van der Waals surface area contributed by atoms with E-state index in [1.165, 1.54) is 4.88 Å². The van der Waals surface area contributed by atoms with Crippen LogP contribution in [0.2, 0.25) is 0 Å². The lowest BCUT2D eigenvalue weighted by Crippen LogP contribution is -2.34. The number of amides is 1. The van der Waals surface area contributed by atoms with Crippen molar-refractivity contribution < 1.29 is 4.79 Å². The minimum Gasteiger partial charge on any atom is -0.352 e. The van der Waals surface area contributed by atoms with Crippen LogP contribution in [0.1, 0.15) is 21.3 Å². The van der Waals surface area contributed by atoms with Crippen LogP contribution in [0, 0.1) is 4.64 Å². The van der Waals surface area contributed by atoms with Gasteiger partial charge in [0.25, 0.3) is 5.91 Å². The van der Waals surface area contributed by atoms with E-state index in [4.69, 9.17) is 12.2 Å². The van der Waals surface area contributed by atoms with Crippen molar-refractivity contribution in [2.45, 2.75) is 6.04 Å². The fourth-order valence-corrected chi connectivity index (χ4v) is 3.05. The highest BCUT2D eigenvalue weighted by atomic mass is 32.1. The normalized spacial score (nSPS) is 12.3. The van der Waals surface area contributed by atoms with Gasteiger partial charge in [-0.05, 0) is 37.7 Å². The van der Waals surface area contributed by atoms with E-state index in [1.807, 2.05) is 25.5 Å². The summed E-state index contributed by atoms with van der Waals surface area (Å²) in [4.78, 5) is 18.3. The van der Waals surface area contributed by atoms with Crippen LogP contribution < -0.4 is 5.32 Å². The Kier molecular flexibility index (Phi) is 5.05. The van der Waals surface area contributed by atoms with Gasteiger partial charge in [0.2, 0.25) is 0 Å². The summed E-state index contributed by atoms with van der Waals surface area (Å²) in [7, 11) is 4.01. The molecule has 1 unspecified atom stereocenters. The predicted octanol–water partition coefficient (Wildman–Crippen LogP) is 2.84. The Labute approximate surface area is 127 Å². The number of nitrogens with one attached hydrogen (secondary N) is 2. The summed E-state index contributed by atoms with van der Waals surface area (Å²) in [6.07, 6.45) is 1.72. The Bertz CT molecular complexity index is 619. The van der Waals surface area contributed by atoms with E-state index < -0.39 is 0 Å². The topological polar surface area (TPSA) is 48.1 Å². The highest BCUT2D eigenvalue weighted by Gasteiger charge is 2.17. The summed E-state index contributed by atoms with van der Waals surface area (Å²) in [5, 5.41) is 4.99. The van der Waals surface area contributed by atoms with E-state index in [0.717, 1.165) is 0 Å². The van der Waals surface area contributed by atoms with Crippen molar-refractivity contribution in [1.82, 2.24) is 15.2 Å². The number of H-pyrrole nitrogens is 1. The highest BCUT2D eigenvalue weighted by molar-refractivity contribution is 7.71. The molecule has 0 saturated heterocycles. The second kappa shape index (κ2) is 6.78. The minimum atomic E-state index is -0.143. The first-order valence-corrected chi connectivity index (χ1v) is 7.54. The average molecular weight is 307 g/mol. The van der Waals surface area contributed by atoms with Crippen molar-refractivity contribution in [1.29, 1.82) is 0 Å². The molecule has 0 fully saturated rings. The monoisotopic (exact) mass is 307 g/mol. The van der Waals surface area contributed by atoms with Crippen LogP contribution >= 0.6 is 23.6 Å². The van der Waals surface area contributed by atoms with Gasteiger partial charge in [-0.25, -0.2) is 0 Å². The highest BCUT2D eigenvalue weighted by Crippen LogP contribution is 2.22. The molecule has 0 bridgehead atoms. The second-order valence-electron chi connectivity index (χ2n) is 4.62. The van der Waals surface area contributed by atoms with Crippen LogP contribution in [0.3, 0.4) is 0 Å². The molecule has 0 aliphatic heterocycles. The van der Waals surface area contributed by atoms with Crippen LogP contribution in [0.25, 0.3) is 0 Å². The molecule has 0 saturated carbocycles. The second-order valence-corrected chi connectivity index (χ2v) is 6.01. The van der Waals surface area contributed by atoms with Gasteiger partial charge in [-0.1, -0.05) is 18.3 Å². The summed E-state index contributed by atoms with van der Waals surface area (Å²) in [6.45, 7) is 0.552. The van der Waals surface area contributed by atoms with Gasteiger partial charge in [-0.3, -0.25) is 4.79 Å². The Morgan fingerprint density at radius 1 is 1.45 bits per heavy atom. The summed E-state index contributed by atoms with van der Waals surface area (Å²) in [6, 6.07) is 7.76. The first-order valence-electron chi connectivity index (χ1n) is 6.25. The summed E-state index contributed by atoms with van der Waals surface area (Å²) in [5.74, 6) is -0.143. The molecule has 0 aromatic carbocycles. The lowest BCUT2D eigenvalue weighted by Gasteiger charge is -2.23. The zero-order valence-corrected chi connectivity index (χ0v) is 13.1. The molecule has 2 N–H and O–H groups in total. The van der Waals surface area contributed by atoms with E-state index in [0.29, 0.717) is 16.7 Å². The third-order valence-electron chi connectivity index (χ3n) is 3.01. The number of rotatable bonds is 5. The molecular weight excluding hydrogens is 290 g/mol. The van der Waals surface area contributed by atoms with Crippen molar-refractivity contribution >= 4 is 29.5 Å². The molecule has 0 spiro atoms. The van der Waals surface area contributed by atoms with Crippen molar-refractivity contribution in [2.24, 2.45) is 0 Å². The van der Waals surface area contributed by atoms with Crippen LogP contribution in [-0.4, -0.2) is 36.4 Å². The van der Waals surface area contributed by atoms with Gasteiger partial charge < -0.3 is 15.2 Å². The molecule has 1 amide bonds. The van der Waals surface area contributed by atoms with Crippen molar-refractivity contribution in [2.75, 3.05) is 20.6 Å².